The summed E-state index contributed by atoms with van der Waals surface area (Å²) in [5.41, 5.74) is 17.9. The summed E-state index contributed by atoms with van der Waals surface area (Å²) in [5.74, 6) is 0. The molecule has 1 aliphatic carbocycles. The molecule has 1 aliphatic rings. The van der Waals surface area contributed by atoms with E-state index in [2.05, 4.69) is 194 Å². The second-order valence-electron chi connectivity index (χ2n) is 16.2. The van der Waals surface area contributed by atoms with Gasteiger partial charge in [-0.25, -0.2) is 0 Å². The summed E-state index contributed by atoms with van der Waals surface area (Å²) in [6, 6.07) is 78.3. The lowest BCUT2D eigenvalue weighted by Gasteiger charge is -2.17. The first-order valence-corrected chi connectivity index (χ1v) is 20.9. The third kappa shape index (κ3) is 5.56. The van der Waals surface area contributed by atoms with Crippen LogP contribution in [0.5, 0.6) is 0 Å². The molecule has 0 amide bonds. The molecule has 0 fully saturated rings. The van der Waals surface area contributed by atoms with Gasteiger partial charge in [-0.1, -0.05) is 158 Å². The molecule has 0 radical (unpaired) electrons. The van der Waals surface area contributed by atoms with Crippen molar-refractivity contribution in [1.82, 2.24) is 0 Å². The van der Waals surface area contributed by atoms with Gasteiger partial charge in [0.1, 0.15) is 0 Å². The van der Waals surface area contributed by atoms with Crippen LogP contribution >= 0.6 is 0 Å². The molecule has 0 heterocycles. The van der Waals surface area contributed by atoms with Crippen molar-refractivity contribution in [2.45, 2.75) is 0 Å². The van der Waals surface area contributed by atoms with E-state index >= 15 is 0 Å². The predicted molar refractivity (Wildman–Crippen MR) is 258 cm³/mol. The summed E-state index contributed by atoms with van der Waals surface area (Å²) in [5, 5.41) is 28.8. The van der Waals surface area contributed by atoms with Gasteiger partial charge >= 0.3 is 0 Å². The Kier molecular flexibility index (Phi) is 8.01. The molecule has 2 heteroatoms. The zero-order valence-electron chi connectivity index (χ0n) is 33.5. The topological polar surface area (TPSA) is 47.6 Å². The van der Waals surface area contributed by atoms with Gasteiger partial charge in [-0.05, 0) is 170 Å². The van der Waals surface area contributed by atoms with Gasteiger partial charge in [0, 0.05) is 0 Å². The Labute approximate surface area is 359 Å². The fourth-order valence-electron chi connectivity index (χ4n) is 9.85. The van der Waals surface area contributed by atoms with Gasteiger partial charge in [0.05, 0.1) is 23.3 Å². The van der Waals surface area contributed by atoms with Gasteiger partial charge in [0.2, 0.25) is 0 Å². The number of hydrogen-bond acceptors (Lipinski definition) is 2. The third-order valence-electron chi connectivity index (χ3n) is 12.9. The van der Waals surface area contributed by atoms with Crippen LogP contribution in [0.2, 0.25) is 0 Å². The Morgan fingerprint density at radius 3 is 1.21 bits per heavy atom. The van der Waals surface area contributed by atoms with Crippen molar-refractivity contribution in [3.05, 3.63) is 217 Å². The van der Waals surface area contributed by atoms with Crippen molar-refractivity contribution in [2.24, 2.45) is 0 Å². The maximum absolute atomic E-state index is 9.67. The van der Waals surface area contributed by atoms with E-state index in [0.29, 0.717) is 11.1 Å². The first kappa shape index (κ1) is 35.4. The molecule has 2 nitrogen and oxygen atoms in total. The highest BCUT2D eigenvalue weighted by Gasteiger charge is 2.25. The molecule has 11 aromatic carbocycles. The lowest BCUT2D eigenvalue weighted by Crippen LogP contribution is -1.91. The molecule has 0 aliphatic heterocycles. The van der Waals surface area contributed by atoms with Crippen molar-refractivity contribution in [3.8, 4) is 90.0 Å². The number of benzene rings is 11. The fraction of sp³-hybridized carbons (Fsp3) is 0. The second kappa shape index (κ2) is 14.0. The maximum Gasteiger partial charge on any atom is 0.0991 e. The first-order chi connectivity index (χ1) is 30.6. The summed E-state index contributed by atoms with van der Waals surface area (Å²) in [6.07, 6.45) is 0. The SMILES string of the molecule is N#Cc1ccc(-c2cc3c4cc5c(cc4c(-c4ccc(C#N)cc4)cc3c3ccccc23)-c2ccc(-c3ccc(-c4ccc(-c6ccccc6)cc4)cc3)c3cccc-5c23)cc1. The van der Waals surface area contributed by atoms with E-state index in [1.807, 2.05) is 24.3 Å². The first-order valence-electron chi connectivity index (χ1n) is 20.9. The zero-order valence-corrected chi connectivity index (χ0v) is 33.5. The summed E-state index contributed by atoms with van der Waals surface area (Å²) in [4.78, 5) is 0. The van der Waals surface area contributed by atoms with Crippen molar-refractivity contribution in [2.75, 3.05) is 0 Å². The summed E-state index contributed by atoms with van der Waals surface area (Å²) >= 11 is 0. The number of nitriles is 2. The maximum atomic E-state index is 9.67. The minimum Gasteiger partial charge on any atom is -0.192 e. The molecule has 0 bridgehead atoms. The highest BCUT2D eigenvalue weighted by molar-refractivity contribution is 6.27. The minimum atomic E-state index is 0.641. The monoisotopic (exact) mass is 782 g/mol. The van der Waals surface area contributed by atoms with Crippen molar-refractivity contribution in [1.29, 1.82) is 10.5 Å². The van der Waals surface area contributed by atoms with E-state index in [9.17, 15) is 10.5 Å². The Hall–Kier alpha value is -8.56. The third-order valence-corrected chi connectivity index (χ3v) is 12.9. The predicted octanol–water partition coefficient (Wildman–Crippen LogP) is 16.0. The molecule has 62 heavy (non-hydrogen) atoms. The van der Waals surface area contributed by atoms with Crippen LogP contribution in [0.25, 0.3) is 121 Å². The zero-order chi connectivity index (χ0) is 41.3. The van der Waals surface area contributed by atoms with E-state index in [0.717, 1.165) is 27.6 Å². The van der Waals surface area contributed by atoms with Crippen LogP contribution in [-0.2, 0) is 0 Å². The Morgan fingerprint density at radius 1 is 0.226 bits per heavy atom. The lowest BCUT2D eigenvalue weighted by molar-refractivity contribution is 1.48. The second-order valence-corrected chi connectivity index (χ2v) is 16.2. The molecular weight excluding hydrogens is 749 g/mol. The van der Waals surface area contributed by atoms with E-state index in [4.69, 9.17) is 0 Å². The molecule has 0 saturated carbocycles. The van der Waals surface area contributed by atoms with Gasteiger partial charge in [-0.3, -0.25) is 0 Å². The van der Waals surface area contributed by atoms with Crippen molar-refractivity contribution in [3.63, 3.8) is 0 Å². The van der Waals surface area contributed by atoms with Crippen molar-refractivity contribution >= 4 is 43.1 Å². The van der Waals surface area contributed by atoms with E-state index < -0.39 is 0 Å². The number of fused-ring (bicyclic) bond motifs is 8. The Balaban J connectivity index is 1.03. The highest BCUT2D eigenvalue weighted by atomic mass is 14.3. The normalized spacial score (nSPS) is 11.5. The van der Waals surface area contributed by atoms with Gasteiger partial charge in [-0.2, -0.15) is 10.5 Å². The molecule has 0 saturated heterocycles. The number of hydrogen-bond donors (Lipinski definition) is 0. The molecule has 0 N–H and O–H groups in total. The summed E-state index contributed by atoms with van der Waals surface area (Å²) < 4.78 is 0. The molecule has 284 valence electrons. The van der Waals surface area contributed by atoms with Crippen LogP contribution < -0.4 is 0 Å². The van der Waals surface area contributed by atoms with Crippen LogP contribution in [0.4, 0.5) is 0 Å². The summed E-state index contributed by atoms with van der Waals surface area (Å²) in [6.45, 7) is 0. The Morgan fingerprint density at radius 2 is 0.613 bits per heavy atom. The van der Waals surface area contributed by atoms with E-state index in [1.54, 1.807) is 0 Å². The lowest BCUT2D eigenvalue weighted by atomic mass is 9.86. The average Bonchev–Trinajstić information content (AvgIpc) is 3.66. The van der Waals surface area contributed by atoms with Crippen LogP contribution in [-0.4, -0.2) is 0 Å². The van der Waals surface area contributed by atoms with Crippen LogP contribution in [0.3, 0.4) is 0 Å². The standard InChI is InChI=1S/C60H34N2/c61-35-37-13-17-44(18-14-37)52-31-58-54(48-10-5-4-9-47(48)52)32-53(45-19-15-38(36-62)16-20-45)57-33-56-51-30-29-46(49-11-6-12-50(60(49)51)55(56)34-59(57)58)43-27-25-42(26-28-43)41-23-21-40(22-24-41)39-7-2-1-3-8-39/h1-34H. The Bertz CT molecular complexity index is 3700. The van der Waals surface area contributed by atoms with Crippen molar-refractivity contribution < 1.29 is 0 Å². The van der Waals surface area contributed by atoms with Crippen LogP contribution in [0.1, 0.15) is 11.1 Å². The van der Waals surface area contributed by atoms with Crippen LogP contribution in [0.15, 0.2) is 206 Å². The molecule has 0 atom stereocenters. The van der Waals surface area contributed by atoms with Crippen LogP contribution in [0, 0.1) is 22.7 Å². The molecule has 0 aromatic heterocycles. The molecule has 12 rings (SSSR count). The highest BCUT2D eigenvalue weighted by Crippen LogP contribution is 2.53. The average molecular weight is 783 g/mol. The van der Waals surface area contributed by atoms with Gasteiger partial charge < -0.3 is 0 Å². The molecular formula is C60H34N2. The smallest absolute Gasteiger partial charge is 0.0991 e. The van der Waals surface area contributed by atoms with Gasteiger partial charge in [-0.15, -0.1) is 0 Å². The summed E-state index contributed by atoms with van der Waals surface area (Å²) in [7, 11) is 0. The number of rotatable bonds is 5. The molecule has 11 aromatic rings. The molecule has 0 unspecified atom stereocenters. The van der Waals surface area contributed by atoms with Gasteiger partial charge in [0.25, 0.3) is 0 Å². The fourth-order valence-corrected chi connectivity index (χ4v) is 9.85. The minimum absolute atomic E-state index is 0.641. The quantitative estimate of drug-likeness (QED) is 0.163. The number of nitrogens with zero attached hydrogens (tertiary/aromatic N) is 2. The largest absolute Gasteiger partial charge is 0.192 e. The molecule has 0 spiro atoms. The van der Waals surface area contributed by atoms with Gasteiger partial charge in [0.15, 0.2) is 0 Å². The van der Waals surface area contributed by atoms with E-state index in [1.165, 1.54) is 93.3 Å². The van der Waals surface area contributed by atoms with E-state index in [-0.39, 0.29) is 0 Å².